The van der Waals surface area contributed by atoms with Gasteiger partial charge in [-0.05, 0) is 23.9 Å². The highest BCUT2D eigenvalue weighted by atomic mass is 32.1. The molecular formula is C15H13N3O4S. The van der Waals surface area contributed by atoms with E-state index in [1.165, 1.54) is 23.5 Å². The van der Waals surface area contributed by atoms with Crippen molar-refractivity contribution in [2.75, 3.05) is 0 Å². The van der Waals surface area contributed by atoms with E-state index in [0.29, 0.717) is 5.56 Å². The number of thiophene rings is 1. The van der Waals surface area contributed by atoms with Crippen LogP contribution in [0.2, 0.25) is 0 Å². The molecule has 3 rings (SSSR count). The largest absolute Gasteiger partial charge is 0.325 e. The number of non-ortho nitro benzene ring substituents is 1. The minimum absolute atomic E-state index is 0.0330. The summed E-state index contributed by atoms with van der Waals surface area (Å²) in [6.45, 7) is 1.75. The molecule has 0 spiro atoms. The number of hydrogen-bond donors (Lipinski definition) is 1. The lowest BCUT2D eigenvalue weighted by Crippen LogP contribution is -2.40. The van der Waals surface area contributed by atoms with Gasteiger partial charge in [-0.3, -0.25) is 19.8 Å². The van der Waals surface area contributed by atoms with Crippen LogP contribution >= 0.6 is 11.3 Å². The van der Waals surface area contributed by atoms with Gasteiger partial charge in [0.1, 0.15) is 0 Å². The standard InChI is InChI=1S/C15H13N3O4S/c1-15(12-3-2-8-23-12)13(19)17(14(20)16-15)9-10-4-6-11(7-5-10)18(21)22/h2-8H,9H2,1H3,(H,16,20)/t15-/m0/s1. The minimum atomic E-state index is -1.06. The molecule has 0 radical (unpaired) electrons. The van der Waals surface area contributed by atoms with Gasteiger partial charge in [0.2, 0.25) is 0 Å². The Labute approximate surface area is 135 Å². The highest BCUT2D eigenvalue weighted by molar-refractivity contribution is 7.10. The van der Waals surface area contributed by atoms with Crippen LogP contribution in [0.1, 0.15) is 17.4 Å². The molecule has 118 valence electrons. The summed E-state index contributed by atoms with van der Waals surface area (Å²) in [6, 6.07) is 8.95. The molecule has 23 heavy (non-hydrogen) atoms. The van der Waals surface area contributed by atoms with E-state index in [-0.39, 0.29) is 18.1 Å². The molecule has 2 heterocycles. The fourth-order valence-corrected chi connectivity index (χ4v) is 3.31. The van der Waals surface area contributed by atoms with E-state index in [2.05, 4.69) is 5.32 Å². The average molecular weight is 331 g/mol. The van der Waals surface area contributed by atoms with Crippen molar-refractivity contribution in [1.82, 2.24) is 10.2 Å². The van der Waals surface area contributed by atoms with E-state index in [1.54, 1.807) is 25.1 Å². The van der Waals surface area contributed by atoms with Gasteiger partial charge in [0, 0.05) is 17.0 Å². The van der Waals surface area contributed by atoms with Crippen LogP contribution < -0.4 is 5.32 Å². The van der Waals surface area contributed by atoms with Gasteiger partial charge < -0.3 is 5.32 Å². The Balaban J connectivity index is 1.82. The van der Waals surface area contributed by atoms with Crippen molar-refractivity contribution < 1.29 is 14.5 Å². The molecule has 0 saturated carbocycles. The maximum Gasteiger partial charge on any atom is 0.325 e. The Kier molecular flexibility index (Phi) is 3.61. The predicted octanol–water partition coefficient (Wildman–Crippen LogP) is 2.62. The minimum Gasteiger partial charge on any atom is -0.319 e. The first-order valence-electron chi connectivity index (χ1n) is 6.83. The summed E-state index contributed by atoms with van der Waals surface area (Å²) in [5.41, 5.74) is -0.449. The smallest absolute Gasteiger partial charge is 0.319 e. The molecule has 1 aliphatic heterocycles. The molecule has 1 aliphatic rings. The Morgan fingerprint density at radius 1 is 1.26 bits per heavy atom. The van der Waals surface area contributed by atoms with Crippen LogP contribution in [0.15, 0.2) is 41.8 Å². The van der Waals surface area contributed by atoms with E-state index < -0.39 is 16.5 Å². The van der Waals surface area contributed by atoms with Crippen molar-refractivity contribution in [3.05, 3.63) is 62.3 Å². The lowest BCUT2D eigenvalue weighted by atomic mass is 10.0. The van der Waals surface area contributed by atoms with Crippen LogP contribution in [-0.4, -0.2) is 21.8 Å². The lowest BCUT2D eigenvalue weighted by Gasteiger charge is -2.20. The molecule has 7 nitrogen and oxygen atoms in total. The topological polar surface area (TPSA) is 92.6 Å². The zero-order valence-corrected chi connectivity index (χ0v) is 13.0. The molecule has 1 fully saturated rings. The molecular weight excluding hydrogens is 318 g/mol. The molecule has 1 N–H and O–H groups in total. The van der Waals surface area contributed by atoms with Gasteiger partial charge in [-0.2, -0.15) is 0 Å². The number of nitrogens with zero attached hydrogens (tertiary/aromatic N) is 2. The number of carbonyl (C=O) groups is 2. The molecule has 1 saturated heterocycles. The summed E-state index contributed by atoms with van der Waals surface area (Å²) in [7, 11) is 0. The summed E-state index contributed by atoms with van der Waals surface area (Å²) in [4.78, 5) is 36.9. The molecule has 1 atom stereocenters. The zero-order chi connectivity index (χ0) is 16.6. The lowest BCUT2D eigenvalue weighted by molar-refractivity contribution is -0.384. The normalized spacial score (nSPS) is 20.7. The second kappa shape index (κ2) is 5.47. The van der Waals surface area contributed by atoms with Crippen LogP contribution in [0.3, 0.4) is 0 Å². The quantitative estimate of drug-likeness (QED) is 0.529. The second-order valence-corrected chi connectivity index (χ2v) is 6.30. The van der Waals surface area contributed by atoms with Gasteiger partial charge in [-0.1, -0.05) is 18.2 Å². The predicted molar refractivity (Wildman–Crippen MR) is 83.8 cm³/mol. The molecule has 0 aliphatic carbocycles. The maximum atomic E-state index is 12.7. The molecule has 1 aromatic heterocycles. The van der Waals surface area contributed by atoms with Crippen LogP contribution in [0, 0.1) is 10.1 Å². The first kappa shape index (κ1) is 15.2. The first-order chi connectivity index (χ1) is 10.9. The van der Waals surface area contributed by atoms with Gasteiger partial charge in [-0.15, -0.1) is 11.3 Å². The summed E-state index contributed by atoms with van der Waals surface area (Å²) < 4.78 is 0. The Bertz CT molecular complexity index is 773. The third kappa shape index (κ3) is 2.57. The van der Waals surface area contributed by atoms with Gasteiger partial charge in [0.05, 0.1) is 11.5 Å². The number of benzene rings is 1. The molecule has 0 bridgehead atoms. The number of amides is 3. The van der Waals surface area contributed by atoms with E-state index in [0.717, 1.165) is 9.78 Å². The van der Waals surface area contributed by atoms with Gasteiger partial charge in [0.25, 0.3) is 11.6 Å². The van der Waals surface area contributed by atoms with E-state index in [9.17, 15) is 19.7 Å². The van der Waals surface area contributed by atoms with Crippen LogP contribution in [0.5, 0.6) is 0 Å². The van der Waals surface area contributed by atoms with Crippen molar-refractivity contribution >= 4 is 29.0 Å². The fraction of sp³-hybridized carbons (Fsp3) is 0.200. The van der Waals surface area contributed by atoms with Crippen molar-refractivity contribution in [1.29, 1.82) is 0 Å². The number of carbonyl (C=O) groups excluding carboxylic acids is 2. The van der Waals surface area contributed by atoms with Gasteiger partial charge >= 0.3 is 6.03 Å². The number of nitro groups is 1. The van der Waals surface area contributed by atoms with Crippen LogP contribution in [0.25, 0.3) is 0 Å². The summed E-state index contributed by atoms with van der Waals surface area (Å²) >= 11 is 1.40. The molecule has 0 unspecified atom stereocenters. The molecule has 1 aromatic carbocycles. The first-order valence-corrected chi connectivity index (χ1v) is 7.71. The van der Waals surface area contributed by atoms with E-state index in [1.807, 2.05) is 11.4 Å². The monoisotopic (exact) mass is 331 g/mol. The van der Waals surface area contributed by atoms with Crippen LogP contribution in [0.4, 0.5) is 10.5 Å². The van der Waals surface area contributed by atoms with Gasteiger partial charge in [0.15, 0.2) is 5.54 Å². The van der Waals surface area contributed by atoms with Crippen LogP contribution in [-0.2, 0) is 16.9 Å². The van der Waals surface area contributed by atoms with Crippen molar-refractivity contribution in [3.8, 4) is 0 Å². The zero-order valence-electron chi connectivity index (χ0n) is 12.2. The highest BCUT2D eigenvalue weighted by Gasteiger charge is 2.49. The Morgan fingerprint density at radius 2 is 1.96 bits per heavy atom. The molecule has 3 amide bonds. The fourth-order valence-electron chi connectivity index (χ4n) is 2.48. The summed E-state index contributed by atoms with van der Waals surface area (Å²) in [5.74, 6) is -0.330. The van der Waals surface area contributed by atoms with E-state index >= 15 is 0 Å². The highest BCUT2D eigenvalue weighted by Crippen LogP contribution is 2.32. The second-order valence-electron chi connectivity index (χ2n) is 5.35. The number of rotatable bonds is 4. The van der Waals surface area contributed by atoms with Crippen molar-refractivity contribution in [2.24, 2.45) is 0 Å². The number of imide groups is 1. The average Bonchev–Trinajstić information content (AvgIpc) is 3.12. The SMILES string of the molecule is C[C@@]1(c2cccs2)NC(=O)N(Cc2ccc([N+](=O)[O-])cc2)C1=O. The molecule has 8 heteroatoms. The third-order valence-corrected chi connectivity index (χ3v) is 4.87. The summed E-state index contributed by atoms with van der Waals surface area (Å²) in [5, 5.41) is 15.2. The Morgan fingerprint density at radius 3 is 2.52 bits per heavy atom. The number of nitrogens with one attached hydrogen (secondary N) is 1. The number of nitro benzene ring substituents is 1. The third-order valence-electron chi connectivity index (χ3n) is 3.78. The molecule has 2 aromatic rings. The number of urea groups is 1. The maximum absolute atomic E-state index is 12.7. The van der Waals surface area contributed by atoms with Crippen molar-refractivity contribution in [3.63, 3.8) is 0 Å². The number of hydrogen-bond acceptors (Lipinski definition) is 5. The Hall–Kier alpha value is -2.74. The van der Waals surface area contributed by atoms with E-state index in [4.69, 9.17) is 0 Å². The van der Waals surface area contributed by atoms with Crippen molar-refractivity contribution in [2.45, 2.75) is 19.0 Å². The summed E-state index contributed by atoms with van der Waals surface area (Å²) in [6.07, 6.45) is 0. The van der Waals surface area contributed by atoms with Gasteiger partial charge in [-0.25, -0.2) is 4.79 Å².